The molecule has 10 heteroatoms. The summed E-state index contributed by atoms with van der Waals surface area (Å²) in [4.78, 5) is 22.5. The number of alkyl halides is 3. The van der Waals surface area contributed by atoms with Gasteiger partial charge in [0.15, 0.2) is 5.60 Å². The summed E-state index contributed by atoms with van der Waals surface area (Å²) in [7, 11) is 2.06. The average Bonchev–Trinajstić information content (AvgIpc) is 3.35. The second-order valence-corrected chi connectivity index (χ2v) is 11.4. The van der Waals surface area contributed by atoms with Crippen LogP contribution in [0.5, 0.6) is 0 Å². The van der Waals surface area contributed by atoms with Crippen LogP contribution >= 0.6 is 0 Å². The lowest BCUT2D eigenvalue weighted by molar-refractivity contribution is -0.124. The number of hydrogen-bond acceptors (Lipinski definition) is 5. The van der Waals surface area contributed by atoms with Gasteiger partial charge in [-0.2, -0.15) is 13.2 Å². The largest absolute Gasteiger partial charge is 0.433 e. The normalized spacial score (nSPS) is 16.5. The van der Waals surface area contributed by atoms with Crippen molar-refractivity contribution in [3.8, 4) is 11.1 Å². The molecule has 4 aromatic rings. The van der Waals surface area contributed by atoms with E-state index in [0.29, 0.717) is 6.42 Å². The summed E-state index contributed by atoms with van der Waals surface area (Å²) in [6, 6.07) is 23.6. The van der Waals surface area contributed by atoms with Crippen molar-refractivity contribution in [3.05, 3.63) is 83.9 Å². The summed E-state index contributed by atoms with van der Waals surface area (Å²) < 4.78 is 46.7. The highest BCUT2D eigenvalue weighted by Crippen LogP contribution is 2.52. The molecule has 1 amide bonds. The van der Waals surface area contributed by atoms with Crippen LogP contribution in [-0.2, 0) is 17.4 Å². The zero-order valence-corrected chi connectivity index (χ0v) is 24.2. The predicted octanol–water partition coefficient (Wildman–Crippen LogP) is 6.47. The van der Waals surface area contributed by atoms with E-state index in [1.807, 2.05) is 72.0 Å². The van der Waals surface area contributed by atoms with Gasteiger partial charge in [-0.1, -0.05) is 60.7 Å². The van der Waals surface area contributed by atoms with Crippen molar-refractivity contribution in [2.75, 3.05) is 44.2 Å². The number of carbonyl (C=O) groups is 1. The second kappa shape index (κ2) is 11.9. The topological polar surface area (TPSA) is 62.6 Å². The van der Waals surface area contributed by atoms with Crippen molar-refractivity contribution in [2.45, 2.75) is 37.5 Å². The Bertz CT molecular complexity index is 1560. The number of para-hydroxylation sites is 2. The molecule has 0 radical (unpaired) electrons. The summed E-state index contributed by atoms with van der Waals surface area (Å²) in [5.41, 5.74) is 4.47. The Labute approximate surface area is 249 Å². The summed E-state index contributed by atoms with van der Waals surface area (Å²) in [6.07, 6.45) is -2.49. The maximum absolute atomic E-state index is 12.9. The summed E-state index contributed by atoms with van der Waals surface area (Å²) in [6.45, 7) is 3.15. The van der Waals surface area contributed by atoms with Crippen LogP contribution in [0.2, 0.25) is 0 Å². The first-order chi connectivity index (χ1) is 20.7. The van der Waals surface area contributed by atoms with Crippen LogP contribution in [0.25, 0.3) is 22.2 Å². The third kappa shape index (κ3) is 5.93. The van der Waals surface area contributed by atoms with Gasteiger partial charge in [-0.25, -0.2) is 9.78 Å². The number of amides is 1. The first kappa shape index (κ1) is 29.0. The molecule has 1 saturated heterocycles. The van der Waals surface area contributed by atoms with E-state index < -0.39 is 24.4 Å². The third-order valence-electron chi connectivity index (χ3n) is 8.60. The van der Waals surface area contributed by atoms with Crippen LogP contribution in [0.1, 0.15) is 36.8 Å². The molecule has 2 heterocycles. The molecule has 1 aliphatic heterocycles. The minimum atomic E-state index is -4.52. The Morgan fingerprint density at radius 3 is 2.28 bits per heavy atom. The smallest absolute Gasteiger partial charge is 0.408 e. The zero-order valence-electron chi connectivity index (χ0n) is 24.2. The van der Waals surface area contributed by atoms with Crippen LogP contribution in [0.15, 0.2) is 72.8 Å². The fourth-order valence-electron chi connectivity index (χ4n) is 6.60. The van der Waals surface area contributed by atoms with Gasteiger partial charge in [0.2, 0.25) is 5.95 Å². The van der Waals surface area contributed by atoms with Crippen molar-refractivity contribution in [1.29, 1.82) is 0 Å². The Balaban J connectivity index is 1.13. The van der Waals surface area contributed by atoms with Crippen molar-refractivity contribution >= 4 is 23.1 Å². The molecule has 0 atom stereocenters. The lowest BCUT2D eigenvalue weighted by Gasteiger charge is -2.32. The number of ether oxygens (including phenoxy) is 1. The number of rotatable bonds is 8. The molecular formula is C33H36F3N5O2. The highest BCUT2D eigenvalue weighted by atomic mass is 19.4. The van der Waals surface area contributed by atoms with Crippen LogP contribution < -0.4 is 10.2 Å². The Hall–Kier alpha value is -4.05. The standard InChI is InChI=1S/C33H36F3N5O2/c1-39-29-16-7-6-15-28(29)38-30(39)41-20-10-19-40(21-22-41)18-9-8-17-32(43-31(42)37-23-33(34,35)36)26-13-4-2-11-24(26)25-12-3-5-14-27(25)32/h2-7,11-16H,8-10,17-23H2,1H3,(H,37,42). The zero-order chi connectivity index (χ0) is 30.0. The van der Waals surface area contributed by atoms with E-state index in [0.717, 1.165) is 91.2 Å². The van der Waals surface area contributed by atoms with Crippen molar-refractivity contribution in [3.63, 3.8) is 0 Å². The van der Waals surface area contributed by atoms with Gasteiger partial charge in [-0.3, -0.25) is 0 Å². The van der Waals surface area contributed by atoms with E-state index in [4.69, 9.17) is 9.72 Å². The molecule has 226 valence electrons. The quantitative estimate of drug-likeness (QED) is 0.238. The predicted molar refractivity (Wildman–Crippen MR) is 161 cm³/mol. The molecule has 0 saturated carbocycles. The van der Waals surface area contributed by atoms with Crippen molar-refractivity contribution in [1.82, 2.24) is 19.8 Å². The SMILES string of the molecule is Cn1c(N2CCCN(CCCCC3(OC(=O)NCC(F)(F)F)c4ccccc4-c4ccccc43)CC2)nc2ccccc21. The van der Waals surface area contributed by atoms with Crippen LogP contribution in [0, 0.1) is 0 Å². The number of aryl methyl sites for hydroxylation is 1. The first-order valence-electron chi connectivity index (χ1n) is 14.9. The number of halogens is 3. The fraction of sp³-hybridized carbons (Fsp3) is 0.394. The number of nitrogens with zero attached hydrogens (tertiary/aromatic N) is 4. The molecule has 6 rings (SSSR count). The highest BCUT2D eigenvalue weighted by Gasteiger charge is 2.46. The van der Waals surface area contributed by atoms with Crippen LogP contribution in [0.3, 0.4) is 0 Å². The van der Waals surface area contributed by atoms with Gasteiger partial charge in [-0.05, 0) is 62.0 Å². The second-order valence-electron chi connectivity index (χ2n) is 11.4. The van der Waals surface area contributed by atoms with E-state index in [2.05, 4.69) is 27.5 Å². The fourth-order valence-corrected chi connectivity index (χ4v) is 6.60. The molecule has 1 fully saturated rings. The van der Waals surface area contributed by atoms with E-state index in [1.165, 1.54) is 0 Å². The van der Waals surface area contributed by atoms with E-state index in [1.54, 1.807) is 0 Å². The number of anilines is 1. The van der Waals surface area contributed by atoms with Crippen LogP contribution in [0.4, 0.5) is 23.9 Å². The number of aromatic nitrogens is 2. The Morgan fingerprint density at radius 1 is 0.907 bits per heavy atom. The maximum atomic E-state index is 12.9. The molecule has 43 heavy (non-hydrogen) atoms. The number of fused-ring (bicyclic) bond motifs is 4. The molecule has 1 aliphatic carbocycles. The summed E-state index contributed by atoms with van der Waals surface area (Å²) in [5.74, 6) is 0.990. The lowest BCUT2D eigenvalue weighted by Crippen LogP contribution is -2.40. The van der Waals surface area contributed by atoms with Gasteiger partial charge >= 0.3 is 12.3 Å². The molecular weight excluding hydrogens is 555 g/mol. The number of hydrogen-bond donors (Lipinski definition) is 1. The molecule has 1 aromatic heterocycles. The monoisotopic (exact) mass is 591 g/mol. The number of unbranched alkanes of at least 4 members (excludes halogenated alkanes) is 1. The molecule has 2 aliphatic rings. The van der Waals surface area contributed by atoms with Crippen LogP contribution in [-0.4, -0.2) is 66.0 Å². The number of imidazole rings is 1. The van der Waals surface area contributed by atoms with Crippen molar-refractivity contribution < 1.29 is 22.7 Å². The maximum Gasteiger partial charge on any atom is 0.408 e. The number of benzene rings is 3. The van der Waals surface area contributed by atoms with E-state index >= 15 is 0 Å². The molecule has 0 bridgehead atoms. The summed E-state index contributed by atoms with van der Waals surface area (Å²) >= 11 is 0. The first-order valence-corrected chi connectivity index (χ1v) is 14.9. The van der Waals surface area contributed by atoms with Crippen molar-refractivity contribution in [2.24, 2.45) is 7.05 Å². The molecule has 3 aromatic carbocycles. The van der Waals surface area contributed by atoms with Gasteiger partial charge in [0, 0.05) is 37.8 Å². The summed E-state index contributed by atoms with van der Waals surface area (Å²) in [5, 5.41) is 1.91. The van der Waals surface area contributed by atoms with Gasteiger partial charge in [0.1, 0.15) is 6.54 Å². The number of carbonyl (C=O) groups excluding carboxylic acids is 1. The number of alkyl carbamates (subject to hydrolysis) is 1. The molecule has 7 nitrogen and oxygen atoms in total. The minimum absolute atomic E-state index is 0.473. The third-order valence-corrected chi connectivity index (χ3v) is 8.60. The van der Waals surface area contributed by atoms with Gasteiger partial charge in [-0.15, -0.1) is 0 Å². The average molecular weight is 592 g/mol. The number of nitrogens with one attached hydrogen (secondary N) is 1. The molecule has 1 N–H and O–H groups in total. The highest BCUT2D eigenvalue weighted by molar-refractivity contribution is 5.82. The van der Waals surface area contributed by atoms with E-state index in [9.17, 15) is 18.0 Å². The minimum Gasteiger partial charge on any atom is -0.433 e. The Morgan fingerprint density at radius 2 is 1.58 bits per heavy atom. The molecule has 0 spiro atoms. The lowest BCUT2D eigenvalue weighted by atomic mass is 9.86. The van der Waals surface area contributed by atoms with E-state index in [-0.39, 0.29) is 0 Å². The molecule has 0 unspecified atom stereocenters. The Kier molecular flexibility index (Phi) is 8.05. The van der Waals surface area contributed by atoms with Gasteiger partial charge in [0.05, 0.1) is 11.0 Å². The van der Waals surface area contributed by atoms with Gasteiger partial charge < -0.3 is 24.4 Å². The van der Waals surface area contributed by atoms with Gasteiger partial charge in [0.25, 0.3) is 0 Å².